The van der Waals surface area contributed by atoms with Gasteiger partial charge in [0.25, 0.3) is 0 Å². The van der Waals surface area contributed by atoms with E-state index >= 15 is 0 Å². The van der Waals surface area contributed by atoms with Gasteiger partial charge in [-0.25, -0.2) is 0 Å². The first-order valence-electron chi connectivity index (χ1n) is 4.41. The fourth-order valence-corrected chi connectivity index (χ4v) is 0.933. The van der Waals surface area contributed by atoms with Gasteiger partial charge in [-0.2, -0.15) is 12.6 Å². The van der Waals surface area contributed by atoms with Crippen molar-refractivity contribution in [3.63, 3.8) is 0 Å². The van der Waals surface area contributed by atoms with Crippen molar-refractivity contribution in [3.8, 4) is 12.3 Å². The Morgan fingerprint density at radius 2 is 2.08 bits per heavy atom. The number of nitrogens with one attached hydrogen (secondary N) is 1. The van der Waals surface area contributed by atoms with Crippen LogP contribution in [0.3, 0.4) is 0 Å². The first-order chi connectivity index (χ1) is 5.99. The van der Waals surface area contributed by atoms with Crippen molar-refractivity contribution in [2.75, 3.05) is 0 Å². The van der Waals surface area contributed by atoms with Gasteiger partial charge < -0.3 is 5.32 Å². The molecule has 0 aliphatic heterocycles. The van der Waals surface area contributed by atoms with Gasteiger partial charge in [-0.1, -0.05) is 13.8 Å². The molecule has 0 spiro atoms. The lowest BCUT2D eigenvalue weighted by Crippen LogP contribution is -2.39. The van der Waals surface area contributed by atoms with Crippen LogP contribution in [0.4, 0.5) is 0 Å². The highest BCUT2D eigenvalue weighted by atomic mass is 32.1. The second-order valence-electron chi connectivity index (χ2n) is 3.51. The third-order valence-corrected chi connectivity index (χ3v) is 2.54. The van der Waals surface area contributed by atoms with Gasteiger partial charge in [0.05, 0.1) is 5.25 Å². The Labute approximate surface area is 85.9 Å². The van der Waals surface area contributed by atoms with E-state index < -0.39 is 0 Å². The van der Waals surface area contributed by atoms with Crippen LogP contribution >= 0.6 is 12.6 Å². The average molecular weight is 199 g/mol. The standard InChI is InChI=1S/C10H17NOS/c1-5-6-8(4)11-10(12)9(13)7(2)3/h1,7-9,13H,6H2,2-4H3,(H,11,12). The summed E-state index contributed by atoms with van der Waals surface area (Å²) < 4.78 is 0. The number of thiol groups is 1. The van der Waals surface area contributed by atoms with Crippen molar-refractivity contribution in [2.45, 2.75) is 38.5 Å². The molecule has 74 valence electrons. The van der Waals surface area contributed by atoms with E-state index in [-0.39, 0.29) is 23.1 Å². The summed E-state index contributed by atoms with van der Waals surface area (Å²) in [7, 11) is 0. The Bertz CT molecular complexity index is 207. The predicted octanol–water partition coefficient (Wildman–Crippen LogP) is 1.47. The van der Waals surface area contributed by atoms with Gasteiger partial charge in [-0.3, -0.25) is 4.79 Å². The molecule has 3 heteroatoms. The largest absolute Gasteiger partial charge is 0.352 e. The zero-order valence-electron chi connectivity index (χ0n) is 8.37. The van der Waals surface area contributed by atoms with Crippen LogP contribution in [0.15, 0.2) is 0 Å². The fourth-order valence-electron chi connectivity index (χ4n) is 0.859. The van der Waals surface area contributed by atoms with Crippen molar-refractivity contribution in [3.05, 3.63) is 0 Å². The summed E-state index contributed by atoms with van der Waals surface area (Å²) in [5.41, 5.74) is 0. The molecule has 2 unspecified atom stereocenters. The zero-order chi connectivity index (χ0) is 10.4. The van der Waals surface area contributed by atoms with Crippen LogP contribution in [0.5, 0.6) is 0 Å². The first-order valence-corrected chi connectivity index (χ1v) is 4.92. The van der Waals surface area contributed by atoms with Crippen LogP contribution in [0.2, 0.25) is 0 Å². The SMILES string of the molecule is C#CCC(C)NC(=O)C(S)C(C)C. The van der Waals surface area contributed by atoms with Crippen LogP contribution < -0.4 is 5.32 Å². The maximum Gasteiger partial charge on any atom is 0.233 e. The summed E-state index contributed by atoms with van der Waals surface area (Å²) in [5.74, 6) is 2.70. The molecular formula is C10H17NOS. The number of carbonyl (C=O) groups is 1. The molecule has 13 heavy (non-hydrogen) atoms. The highest BCUT2D eigenvalue weighted by molar-refractivity contribution is 7.81. The number of hydrogen-bond acceptors (Lipinski definition) is 2. The van der Waals surface area contributed by atoms with E-state index in [4.69, 9.17) is 6.42 Å². The molecule has 2 nitrogen and oxygen atoms in total. The summed E-state index contributed by atoms with van der Waals surface area (Å²) in [6.45, 7) is 5.81. The molecule has 0 aliphatic rings. The van der Waals surface area contributed by atoms with Crippen molar-refractivity contribution in [1.29, 1.82) is 0 Å². The predicted molar refractivity (Wildman–Crippen MR) is 58.7 cm³/mol. The second kappa shape index (κ2) is 5.93. The summed E-state index contributed by atoms with van der Waals surface area (Å²) in [5, 5.41) is 2.55. The van der Waals surface area contributed by atoms with E-state index in [1.807, 2.05) is 20.8 Å². The molecule has 0 saturated carbocycles. The fraction of sp³-hybridized carbons (Fsp3) is 0.700. The van der Waals surface area contributed by atoms with Crippen molar-refractivity contribution in [2.24, 2.45) is 5.92 Å². The highest BCUT2D eigenvalue weighted by Crippen LogP contribution is 2.08. The van der Waals surface area contributed by atoms with Crippen LogP contribution in [0.1, 0.15) is 27.2 Å². The minimum Gasteiger partial charge on any atom is -0.352 e. The molecule has 0 aliphatic carbocycles. The monoisotopic (exact) mass is 199 g/mol. The van der Waals surface area contributed by atoms with E-state index in [1.54, 1.807) is 0 Å². The molecule has 0 radical (unpaired) electrons. The number of terminal acetylenes is 1. The molecule has 1 amide bonds. The first kappa shape index (κ1) is 12.4. The van der Waals surface area contributed by atoms with E-state index in [0.717, 1.165) is 0 Å². The summed E-state index contributed by atoms with van der Waals surface area (Å²) in [6.07, 6.45) is 5.68. The van der Waals surface area contributed by atoms with Crippen LogP contribution in [0.25, 0.3) is 0 Å². The average Bonchev–Trinajstić information content (AvgIpc) is 2.03. The second-order valence-corrected chi connectivity index (χ2v) is 4.06. The highest BCUT2D eigenvalue weighted by Gasteiger charge is 2.18. The van der Waals surface area contributed by atoms with Crippen LogP contribution in [0, 0.1) is 18.3 Å². The third kappa shape index (κ3) is 4.84. The molecule has 1 N–H and O–H groups in total. The lowest BCUT2D eigenvalue weighted by atomic mass is 10.1. The Morgan fingerprint density at radius 3 is 2.46 bits per heavy atom. The van der Waals surface area contributed by atoms with Crippen LogP contribution in [-0.4, -0.2) is 17.2 Å². The summed E-state index contributed by atoms with van der Waals surface area (Å²) in [6, 6.07) is 0.0332. The van der Waals surface area contributed by atoms with Gasteiger partial charge in [0.15, 0.2) is 0 Å². The van der Waals surface area contributed by atoms with Crippen molar-refractivity contribution < 1.29 is 4.79 Å². The summed E-state index contributed by atoms with van der Waals surface area (Å²) >= 11 is 4.20. The molecule has 0 bridgehead atoms. The zero-order valence-corrected chi connectivity index (χ0v) is 9.27. The molecule has 0 heterocycles. The van der Waals surface area contributed by atoms with Gasteiger partial charge in [0, 0.05) is 12.5 Å². The number of carbonyl (C=O) groups excluding carboxylic acids is 1. The Kier molecular flexibility index (Phi) is 5.65. The lowest BCUT2D eigenvalue weighted by Gasteiger charge is -2.17. The number of hydrogen-bond donors (Lipinski definition) is 2. The lowest BCUT2D eigenvalue weighted by molar-refractivity contribution is -0.121. The minimum atomic E-state index is -0.250. The Balaban J connectivity index is 3.94. The quantitative estimate of drug-likeness (QED) is 0.521. The number of amides is 1. The smallest absolute Gasteiger partial charge is 0.233 e. The van der Waals surface area contributed by atoms with E-state index in [9.17, 15) is 4.79 Å². The van der Waals surface area contributed by atoms with E-state index in [0.29, 0.717) is 6.42 Å². The Hall–Kier alpha value is -0.620. The minimum absolute atomic E-state index is 0.0332. The molecule has 2 atom stereocenters. The molecular weight excluding hydrogens is 182 g/mol. The molecule has 0 aromatic rings. The van der Waals surface area contributed by atoms with Crippen molar-refractivity contribution >= 4 is 18.5 Å². The maximum atomic E-state index is 11.4. The van der Waals surface area contributed by atoms with Crippen LogP contribution in [-0.2, 0) is 4.79 Å². The van der Waals surface area contributed by atoms with Gasteiger partial charge in [-0.05, 0) is 12.8 Å². The van der Waals surface area contributed by atoms with Gasteiger partial charge >= 0.3 is 0 Å². The van der Waals surface area contributed by atoms with E-state index in [2.05, 4.69) is 23.9 Å². The topological polar surface area (TPSA) is 29.1 Å². The number of rotatable bonds is 4. The molecule has 0 rings (SSSR count). The molecule has 0 saturated heterocycles. The summed E-state index contributed by atoms with van der Waals surface area (Å²) in [4.78, 5) is 11.4. The van der Waals surface area contributed by atoms with E-state index in [1.165, 1.54) is 0 Å². The maximum absolute atomic E-state index is 11.4. The molecule has 0 fully saturated rings. The molecule has 0 aromatic carbocycles. The van der Waals surface area contributed by atoms with Gasteiger partial charge in [0.1, 0.15) is 0 Å². The third-order valence-electron chi connectivity index (χ3n) is 1.71. The van der Waals surface area contributed by atoms with Crippen molar-refractivity contribution in [1.82, 2.24) is 5.32 Å². The Morgan fingerprint density at radius 1 is 1.54 bits per heavy atom. The normalized spacial score (nSPS) is 14.8. The van der Waals surface area contributed by atoms with Gasteiger partial charge in [-0.15, -0.1) is 12.3 Å². The molecule has 0 aromatic heterocycles. The van der Waals surface area contributed by atoms with Gasteiger partial charge in [0.2, 0.25) is 5.91 Å².